The zero-order chi connectivity index (χ0) is 25.8. The largest absolute Gasteiger partial charge is 0.492 e. The molecular weight excluding hydrogens is 526 g/mol. The van der Waals surface area contributed by atoms with Crippen LogP contribution in [0.4, 0.5) is 0 Å². The van der Waals surface area contributed by atoms with Crippen LogP contribution < -0.4 is 10.1 Å². The molecule has 0 atom stereocenters. The highest BCUT2D eigenvalue weighted by Gasteiger charge is 2.28. The molecular formula is C24H30ClN3O6S2. The van der Waals surface area contributed by atoms with Gasteiger partial charge in [0, 0.05) is 26.2 Å². The first-order valence-corrected chi connectivity index (χ1v) is 15.3. The fraction of sp³-hybridized carbons (Fsp3) is 0.458. The number of halogens is 1. The molecule has 2 aliphatic heterocycles. The minimum Gasteiger partial charge on any atom is -0.492 e. The molecule has 4 rings (SSSR count). The second-order valence-corrected chi connectivity index (χ2v) is 13.1. The lowest BCUT2D eigenvalue weighted by Crippen LogP contribution is -2.35. The predicted molar refractivity (Wildman–Crippen MR) is 136 cm³/mol. The Balaban J connectivity index is 1.31. The number of carbonyl (C=O) groups excluding carboxylic acids is 1. The SMILES string of the molecule is O=C(NCCOc1ccc(S(=O)(=O)N2CCCCC2)cc1)c1cc(S(=O)(=O)N2CCCC2)ccc1Cl. The van der Waals surface area contributed by atoms with Crippen LogP contribution in [0.15, 0.2) is 52.3 Å². The summed E-state index contributed by atoms with van der Waals surface area (Å²) in [5.74, 6) is -0.0383. The van der Waals surface area contributed by atoms with E-state index in [-0.39, 0.29) is 33.5 Å². The van der Waals surface area contributed by atoms with E-state index >= 15 is 0 Å². The number of nitrogens with zero attached hydrogens (tertiary/aromatic N) is 2. The van der Waals surface area contributed by atoms with Crippen molar-refractivity contribution >= 4 is 37.6 Å². The zero-order valence-corrected chi connectivity index (χ0v) is 22.2. The van der Waals surface area contributed by atoms with E-state index in [0.717, 1.165) is 32.1 Å². The molecule has 2 aromatic rings. The molecule has 0 saturated carbocycles. The van der Waals surface area contributed by atoms with Gasteiger partial charge in [0.1, 0.15) is 12.4 Å². The van der Waals surface area contributed by atoms with Crippen LogP contribution in [0.25, 0.3) is 0 Å². The monoisotopic (exact) mass is 555 g/mol. The minimum atomic E-state index is -3.67. The Morgan fingerprint density at radius 2 is 1.33 bits per heavy atom. The van der Waals surface area contributed by atoms with Crippen LogP contribution in [0.3, 0.4) is 0 Å². The predicted octanol–water partition coefficient (Wildman–Crippen LogP) is 3.11. The Morgan fingerprint density at radius 1 is 0.806 bits per heavy atom. The number of hydrogen-bond acceptors (Lipinski definition) is 6. The molecule has 2 heterocycles. The Kier molecular flexibility index (Phi) is 8.56. The van der Waals surface area contributed by atoms with E-state index in [2.05, 4.69) is 5.32 Å². The van der Waals surface area contributed by atoms with Gasteiger partial charge in [0.15, 0.2) is 0 Å². The van der Waals surface area contributed by atoms with E-state index in [0.29, 0.717) is 31.9 Å². The summed E-state index contributed by atoms with van der Waals surface area (Å²) in [4.78, 5) is 12.9. The van der Waals surface area contributed by atoms with Gasteiger partial charge >= 0.3 is 0 Å². The van der Waals surface area contributed by atoms with Crippen LogP contribution in [0.2, 0.25) is 5.02 Å². The number of carbonyl (C=O) groups is 1. The van der Waals surface area contributed by atoms with Crippen molar-refractivity contribution in [3.8, 4) is 5.75 Å². The van der Waals surface area contributed by atoms with Gasteiger partial charge in [0.05, 0.1) is 26.9 Å². The molecule has 12 heteroatoms. The summed E-state index contributed by atoms with van der Waals surface area (Å²) >= 11 is 6.16. The van der Waals surface area contributed by atoms with Crippen molar-refractivity contribution in [2.24, 2.45) is 0 Å². The normalized spacial score (nSPS) is 17.7. The molecule has 36 heavy (non-hydrogen) atoms. The molecule has 0 aromatic heterocycles. The number of hydrogen-bond donors (Lipinski definition) is 1. The topological polar surface area (TPSA) is 113 Å². The van der Waals surface area contributed by atoms with Crippen LogP contribution in [-0.4, -0.2) is 70.7 Å². The Hall–Kier alpha value is -2.18. The third kappa shape index (κ3) is 6.03. The van der Waals surface area contributed by atoms with Gasteiger partial charge in [-0.3, -0.25) is 4.79 Å². The van der Waals surface area contributed by atoms with Crippen LogP contribution in [0, 0.1) is 0 Å². The lowest BCUT2D eigenvalue weighted by Gasteiger charge is -2.25. The highest BCUT2D eigenvalue weighted by Crippen LogP contribution is 2.26. The summed E-state index contributed by atoms with van der Waals surface area (Å²) in [5.41, 5.74) is 0.0733. The van der Waals surface area contributed by atoms with Crippen molar-refractivity contribution in [2.45, 2.75) is 41.9 Å². The van der Waals surface area contributed by atoms with Gasteiger partial charge in [-0.15, -0.1) is 0 Å². The molecule has 0 bridgehead atoms. The standard InChI is InChI=1S/C24H30ClN3O6S2/c25-23-11-10-21(36(32,33)28-15-4-5-16-28)18-22(23)24(29)26-12-17-34-19-6-8-20(9-7-19)35(30,31)27-13-2-1-3-14-27/h6-11,18H,1-5,12-17H2,(H,26,29). The summed E-state index contributed by atoms with van der Waals surface area (Å²) in [6, 6.07) is 10.3. The second-order valence-electron chi connectivity index (χ2n) is 8.79. The number of piperidine rings is 1. The van der Waals surface area contributed by atoms with E-state index in [4.69, 9.17) is 16.3 Å². The molecule has 2 aromatic carbocycles. The van der Waals surface area contributed by atoms with Crippen LogP contribution in [-0.2, 0) is 20.0 Å². The molecule has 196 valence electrons. The second kappa shape index (κ2) is 11.5. The average molecular weight is 556 g/mol. The summed E-state index contributed by atoms with van der Waals surface area (Å²) in [6.45, 7) is 2.29. The molecule has 0 radical (unpaired) electrons. The number of ether oxygens (including phenoxy) is 1. The number of nitrogens with one attached hydrogen (secondary N) is 1. The third-order valence-electron chi connectivity index (χ3n) is 6.32. The van der Waals surface area contributed by atoms with E-state index in [9.17, 15) is 21.6 Å². The van der Waals surface area contributed by atoms with Gasteiger partial charge in [0.25, 0.3) is 5.91 Å². The van der Waals surface area contributed by atoms with Gasteiger partial charge in [-0.25, -0.2) is 16.8 Å². The van der Waals surface area contributed by atoms with Gasteiger partial charge in [-0.1, -0.05) is 18.0 Å². The highest BCUT2D eigenvalue weighted by atomic mass is 35.5. The molecule has 0 spiro atoms. The first-order valence-electron chi connectivity index (χ1n) is 12.0. The average Bonchev–Trinajstić information content (AvgIpc) is 3.44. The lowest BCUT2D eigenvalue weighted by molar-refractivity contribution is 0.0947. The third-order valence-corrected chi connectivity index (χ3v) is 10.5. The molecule has 2 saturated heterocycles. The van der Waals surface area contributed by atoms with E-state index in [1.54, 1.807) is 12.1 Å². The summed E-state index contributed by atoms with van der Waals surface area (Å²) < 4.78 is 59.6. The first kappa shape index (κ1) is 26.9. The van der Waals surface area contributed by atoms with Crippen molar-refractivity contribution in [1.29, 1.82) is 0 Å². The molecule has 2 fully saturated rings. The zero-order valence-electron chi connectivity index (χ0n) is 19.9. The van der Waals surface area contributed by atoms with Crippen molar-refractivity contribution in [1.82, 2.24) is 13.9 Å². The Bertz CT molecular complexity index is 1290. The Labute approximate surface area is 217 Å². The van der Waals surface area contributed by atoms with Crippen molar-refractivity contribution in [2.75, 3.05) is 39.3 Å². The van der Waals surface area contributed by atoms with Gasteiger partial charge < -0.3 is 10.1 Å². The van der Waals surface area contributed by atoms with Crippen molar-refractivity contribution in [3.63, 3.8) is 0 Å². The van der Waals surface area contributed by atoms with Gasteiger partial charge in [-0.05, 0) is 68.1 Å². The minimum absolute atomic E-state index is 0.0368. The summed E-state index contributed by atoms with van der Waals surface area (Å²) in [5, 5.41) is 2.83. The molecule has 9 nitrogen and oxygen atoms in total. The van der Waals surface area contributed by atoms with Crippen molar-refractivity contribution in [3.05, 3.63) is 53.1 Å². The number of amides is 1. The maximum absolute atomic E-state index is 12.8. The van der Waals surface area contributed by atoms with Crippen LogP contribution in [0.1, 0.15) is 42.5 Å². The van der Waals surface area contributed by atoms with E-state index in [1.807, 2.05) is 0 Å². The fourth-order valence-corrected chi connectivity index (χ4v) is 7.57. The quantitative estimate of drug-likeness (QED) is 0.476. The molecule has 0 aliphatic carbocycles. The fourth-order valence-electron chi connectivity index (χ4n) is 4.31. The first-order chi connectivity index (χ1) is 17.2. The van der Waals surface area contributed by atoms with Crippen LogP contribution in [0.5, 0.6) is 5.75 Å². The maximum atomic E-state index is 12.8. The lowest BCUT2D eigenvalue weighted by atomic mass is 10.2. The maximum Gasteiger partial charge on any atom is 0.252 e. The van der Waals surface area contributed by atoms with Crippen molar-refractivity contribution < 1.29 is 26.4 Å². The van der Waals surface area contributed by atoms with E-state index in [1.165, 1.54) is 38.9 Å². The summed E-state index contributed by atoms with van der Waals surface area (Å²) in [6.07, 6.45) is 4.42. The van der Waals surface area contributed by atoms with Gasteiger partial charge in [0.2, 0.25) is 20.0 Å². The number of sulfonamides is 2. The molecule has 1 amide bonds. The molecule has 2 aliphatic rings. The highest BCUT2D eigenvalue weighted by molar-refractivity contribution is 7.89. The molecule has 1 N–H and O–H groups in total. The summed E-state index contributed by atoms with van der Waals surface area (Å²) in [7, 11) is -7.18. The Morgan fingerprint density at radius 3 is 1.94 bits per heavy atom. The van der Waals surface area contributed by atoms with Gasteiger partial charge in [-0.2, -0.15) is 8.61 Å². The molecule has 0 unspecified atom stereocenters. The van der Waals surface area contributed by atoms with Crippen LogP contribution >= 0.6 is 11.6 Å². The number of rotatable bonds is 9. The number of benzene rings is 2. The van der Waals surface area contributed by atoms with E-state index < -0.39 is 26.0 Å². The smallest absolute Gasteiger partial charge is 0.252 e.